The molecule has 3 aromatic rings. The summed E-state index contributed by atoms with van der Waals surface area (Å²) in [7, 11) is 0.191. The lowest BCUT2D eigenvalue weighted by atomic mass is 10.1. The fourth-order valence-corrected chi connectivity index (χ4v) is 5.33. The number of carbonyl (C=O) groups is 1. The Labute approximate surface area is 170 Å². The average Bonchev–Trinajstić information content (AvgIpc) is 3.27. The summed E-state index contributed by atoms with van der Waals surface area (Å²) in [6.45, 7) is 1.15. The van der Waals surface area contributed by atoms with E-state index in [1.165, 1.54) is 10.6 Å². The average molecular weight is 413 g/mol. The van der Waals surface area contributed by atoms with Crippen LogP contribution in [0.5, 0.6) is 0 Å². The van der Waals surface area contributed by atoms with Gasteiger partial charge in [-0.15, -0.1) is 0 Å². The van der Waals surface area contributed by atoms with Crippen molar-refractivity contribution in [1.29, 1.82) is 0 Å². The van der Waals surface area contributed by atoms with Gasteiger partial charge in [-0.25, -0.2) is 8.42 Å². The fourth-order valence-electron chi connectivity index (χ4n) is 3.71. The van der Waals surface area contributed by atoms with Crippen molar-refractivity contribution < 1.29 is 17.6 Å². The predicted octanol–water partition coefficient (Wildman–Crippen LogP) is 2.65. The zero-order valence-electron chi connectivity index (χ0n) is 16.4. The second kappa shape index (κ2) is 7.53. The maximum Gasteiger partial charge on any atom is 0.289 e. The van der Waals surface area contributed by atoms with Crippen LogP contribution in [0.15, 0.2) is 64.1 Å². The molecule has 2 aromatic carbocycles. The van der Waals surface area contributed by atoms with Gasteiger partial charge in [-0.1, -0.05) is 24.3 Å². The summed E-state index contributed by atoms with van der Waals surface area (Å²) in [5.41, 5.74) is 0.966. The summed E-state index contributed by atoms with van der Waals surface area (Å²) in [5.74, 6) is 0.0550. The quantitative estimate of drug-likeness (QED) is 0.657. The summed E-state index contributed by atoms with van der Waals surface area (Å²) in [4.78, 5) is 16.3. The number of piperazine rings is 1. The van der Waals surface area contributed by atoms with Crippen molar-refractivity contribution in [2.24, 2.45) is 0 Å². The second-order valence-electron chi connectivity index (χ2n) is 7.20. The lowest BCUT2D eigenvalue weighted by molar-refractivity contribution is 0.0666. The van der Waals surface area contributed by atoms with Crippen molar-refractivity contribution in [2.75, 3.05) is 45.2 Å². The van der Waals surface area contributed by atoms with E-state index in [4.69, 9.17) is 4.42 Å². The minimum atomic E-state index is -3.68. The highest BCUT2D eigenvalue weighted by molar-refractivity contribution is 7.89. The molecule has 29 heavy (non-hydrogen) atoms. The number of rotatable bonds is 4. The number of furan rings is 1. The fraction of sp³-hybridized carbons (Fsp3) is 0.286. The summed E-state index contributed by atoms with van der Waals surface area (Å²) in [5, 5.41) is 1.60. The first-order valence-electron chi connectivity index (χ1n) is 9.41. The Hall–Kier alpha value is -2.84. The number of fused-ring (bicyclic) bond motifs is 1. The molecule has 0 bridgehead atoms. The maximum atomic E-state index is 13.4. The van der Waals surface area contributed by atoms with Crippen molar-refractivity contribution in [3.05, 3.63) is 60.6 Å². The Balaban J connectivity index is 1.60. The first-order valence-corrected chi connectivity index (χ1v) is 10.9. The van der Waals surface area contributed by atoms with Crippen molar-refractivity contribution in [3.8, 4) is 0 Å². The Bertz CT molecular complexity index is 1130. The van der Waals surface area contributed by atoms with Gasteiger partial charge in [0.2, 0.25) is 10.0 Å². The van der Waals surface area contributed by atoms with Gasteiger partial charge < -0.3 is 14.2 Å². The standard InChI is InChI=1S/C21H23N3O4S/c1-22(2)18-8-3-7-17-16(18)6-4-10-20(17)29(26,27)24-13-11-23(12-14-24)21(25)19-9-5-15-28-19/h3-10,15H,11-14H2,1-2H3. The largest absolute Gasteiger partial charge is 0.459 e. The molecule has 7 nitrogen and oxygen atoms in total. The first-order chi connectivity index (χ1) is 13.9. The van der Waals surface area contributed by atoms with Gasteiger partial charge >= 0.3 is 0 Å². The monoisotopic (exact) mass is 413 g/mol. The van der Waals surface area contributed by atoms with Crippen molar-refractivity contribution in [2.45, 2.75) is 4.90 Å². The van der Waals surface area contributed by atoms with E-state index >= 15 is 0 Å². The van der Waals surface area contributed by atoms with Crippen molar-refractivity contribution in [1.82, 2.24) is 9.21 Å². The summed E-state index contributed by atoms with van der Waals surface area (Å²) in [6.07, 6.45) is 1.45. The zero-order valence-corrected chi connectivity index (χ0v) is 17.2. The highest BCUT2D eigenvalue weighted by Gasteiger charge is 2.32. The SMILES string of the molecule is CN(C)c1cccc2c(S(=O)(=O)N3CCN(C(=O)c4ccco4)CC3)cccc12. The number of amides is 1. The molecule has 0 spiro atoms. The van der Waals surface area contributed by atoms with E-state index in [1.54, 1.807) is 29.2 Å². The lowest BCUT2D eigenvalue weighted by Gasteiger charge is -2.33. The van der Waals surface area contributed by atoms with Gasteiger partial charge in [0.1, 0.15) is 0 Å². The topological polar surface area (TPSA) is 74.1 Å². The van der Waals surface area contributed by atoms with Gasteiger partial charge in [0.05, 0.1) is 11.2 Å². The van der Waals surface area contributed by atoms with E-state index in [1.807, 2.05) is 43.3 Å². The van der Waals surface area contributed by atoms with Crippen LogP contribution in [0.2, 0.25) is 0 Å². The van der Waals surface area contributed by atoms with Crippen LogP contribution >= 0.6 is 0 Å². The number of carbonyl (C=O) groups excluding carboxylic acids is 1. The molecule has 0 N–H and O–H groups in total. The highest BCUT2D eigenvalue weighted by Crippen LogP contribution is 2.32. The Morgan fingerprint density at radius 3 is 2.28 bits per heavy atom. The van der Waals surface area contributed by atoms with E-state index in [-0.39, 0.29) is 24.8 Å². The third-order valence-electron chi connectivity index (χ3n) is 5.22. The summed E-state index contributed by atoms with van der Waals surface area (Å²) >= 11 is 0. The number of hydrogen-bond acceptors (Lipinski definition) is 5. The third kappa shape index (κ3) is 3.49. The van der Waals surface area contributed by atoms with E-state index in [2.05, 4.69) is 0 Å². The highest BCUT2D eigenvalue weighted by atomic mass is 32.2. The zero-order chi connectivity index (χ0) is 20.6. The van der Waals surface area contributed by atoms with Crippen LogP contribution in [0.4, 0.5) is 5.69 Å². The van der Waals surface area contributed by atoms with E-state index in [0.717, 1.165) is 11.1 Å². The lowest BCUT2D eigenvalue weighted by Crippen LogP contribution is -2.50. The second-order valence-corrected chi connectivity index (χ2v) is 9.10. The van der Waals surface area contributed by atoms with Gasteiger partial charge in [-0.05, 0) is 24.3 Å². The molecule has 0 aliphatic carbocycles. The van der Waals surface area contributed by atoms with Crippen LogP contribution in [-0.4, -0.2) is 63.8 Å². The molecule has 1 aliphatic rings. The molecule has 0 atom stereocenters. The number of hydrogen-bond donors (Lipinski definition) is 0. The van der Waals surface area contributed by atoms with Gasteiger partial charge in [-0.2, -0.15) is 4.31 Å². The van der Waals surface area contributed by atoms with Gasteiger partial charge in [-0.3, -0.25) is 4.79 Å². The van der Waals surface area contributed by atoms with Crippen LogP contribution in [0.1, 0.15) is 10.6 Å². The molecule has 2 heterocycles. The van der Waals surface area contributed by atoms with Crippen molar-refractivity contribution >= 4 is 32.4 Å². The molecule has 0 radical (unpaired) electrons. The van der Waals surface area contributed by atoms with Gasteiger partial charge in [0.25, 0.3) is 5.91 Å². The molecule has 4 rings (SSSR count). The molecule has 1 aromatic heterocycles. The molecule has 1 fully saturated rings. The molecule has 152 valence electrons. The van der Waals surface area contributed by atoms with Crippen LogP contribution in [-0.2, 0) is 10.0 Å². The van der Waals surface area contributed by atoms with Crippen molar-refractivity contribution in [3.63, 3.8) is 0 Å². The number of anilines is 1. The minimum absolute atomic E-state index is 0.215. The Morgan fingerprint density at radius 1 is 0.931 bits per heavy atom. The number of benzene rings is 2. The van der Waals surface area contributed by atoms with Crippen LogP contribution in [0.3, 0.4) is 0 Å². The normalized spacial score (nSPS) is 15.6. The van der Waals surface area contributed by atoms with E-state index < -0.39 is 10.0 Å². The summed E-state index contributed by atoms with van der Waals surface area (Å²) in [6, 6.07) is 14.3. The van der Waals surface area contributed by atoms with Crippen LogP contribution < -0.4 is 4.90 Å². The summed E-state index contributed by atoms with van der Waals surface area (Å²) < 4.78 is 33.4. The smallest absolute Gasteiger partial charge is 0.289 e. The predicted molar refractivity (Wildman–Crippen MR) is 112 cm³/mol. The minimum Gasteiger partial charge on any atom is -0.459 e. The third-order valence-corrected chi connectivity index (χ3v) is 7.17. The molecule has 0 unspecified atom stereocenters. The number of sulfonamides is 1. The molecule has 1 amide bonds. The first kappa shape index (κ1) is 19.5. The molecule has 1 aliphatic heterocycles. The van der Waals surface area contributed by atoms with Gasteiger partial charge in [0, 0.05) is 56.7 Å². The van der Waals surface area contributed by atoms with Crippen LogP contribution in [0, 0.1) is 0 Å². The molecular formula is C21H23N3O4S. The van der Waals surface area contributed by atoms with E-state index in [9.17, 15) is 13.2 Å². The number of nitrogens with zero attached hydrogens (tertiary/aromatic N) is 3. The van der Waals surface area contributed by atoms with Crippen LogP contribution in [0.25, 0.3) is 10.8 Å². The molecule has 8 heteroatoms. The Kier molecular flexibility index (Phi) is 5.06. The maximum absolute atomic E-state index is 13.4. The Morgan fingerprint density at radius 2 is 1.62 bits per heavy atom. The molecule has 1 saturated heterocycles. The molecule has 0 saturated carbocycles. The molecular weight excluding hydrogens is 390 g/mol. The van der Waals surface area contributed by atoms with E-state index in [0.29, 0.717) is 23.4 Å². The van der Waals surface area contributed by atoms with Gasteiger partial charge in [0.15, 0.2) is 5.76 Å².